The van der Waals surface area contributed by atoms with Crippen LogP contribution < -0.4 is 0 Å². The Hall–Kier alpha value is -1.60. The summed E-state index contributed by atoms with van der Waals surface area (Å²) in [6, 6.07) is 13.6. The van der Waals surface area contributed by atoms with Crippen molar-refractivity contribution in [3.8, 4) is 0 Å². The molecular formula is C22H26N+. The Bertz CT molecular complexity index is 810. The fraction of sp³-hybridized carbons (Fsp3) is 0.455. The van der Waals surface area contributed by atoms with Crippen molar-refractivity contribution in [3.63, 3.8) is 0 Å². The summed E-state index contributed by atoms with van der Waals surface area (Å²) in [7, 11) is 0. The van der Waals surface area contributed by atoms with Gasteiger partial charge in [0.05, 0.1) is 19.6 Å². The lowest BCUT2D eigenvalue weighted by molar-refractivity contribution is -0.922. The van der Waals surface area contributed by atoms with Gasteiger partial charge in [0.1, 0.15) is 6.54 Å². The zero-order valence-corrected chi connectivity index (χ0v) is 14.1. The maximum Gasteiger partial charge on any atom is 0.101 e. The zero-order chi connectivity index (χ0) is 15.5. The predicted octanol–water partition coefficient (Wildman–Crippen LogP) is 4.80. The summed E-state index contributed by atoms with van der Waals surface area (Å²) in [5, 5.41) is 2.82. The number of rotatable bonds is 0. The lowest BCUT2D eigenvalue weighted by Gasteiger charge is -2.39. The van der Waals surface area contributed by atoms with Crippen molar-refractivity contribution in [2.45, 2.75) is 32.6 Å². The quantitative estimate of drug-likeness (QED) is 0.613. The topological polar surface area (TPSA) is 0 Å². The second kappa shape index (κ2) is 4.70. The van der Waals surface area contributed by atoms with Crippen LogP contribution in [0.2, 0.25) is 0 Å². The molecule has 0 amide bonds. The monoisotopic (exact) mass is 304 g/mol. The number of benzene rings is 2. The lowest BCUT2D eigenvalue weighted by atomic mass is 9.73. The molecule has 1 nitrogen and oxygen atoms in total. The van der Waals surface area contributed by atoms with Gasteiger partial charge in [-0.2, -0.15) is 0 Å². The molecule has 118 valence electrons. The Morgan fingerprint density at radius 2 is 1.78 bits per heavy atom. The van der Waals surface area contributed by atoms with Crippen LogP contribution in [0, 0.1) is 5.41 Å². The highest BCUT2D eigenvalue weighted by molar-refractivity contribution is 5.93. The van der Waals surface area contributed by atoms with Gasteiger partial charge in [0.25, 0.3) is 0 Å². The van der Waals surface area contributed by atoms with E-state index in [-0.39, 0.29) is 0 Å². The van der Waals surface area contributed by atoms with Crippen molar-refractivity contribution in [1.29, 1.82) is 0 Å². The molecule has 0 aromatic heterocycles. The average molecular weight is 304 g/mol. The molecule has 2 heterocycles. The molecule has 2 saturated heterocycles. The summed E-state index contributed by atoms with van der Waals surface area (Å²) in [6.45, 7) is 8.01. The van der Waals surface area contributed by atoms with Crippen LogP contribution in [0.4, 0.5) is 0 Å². The first-order valence-electron chi connectivity index (χ1n) is 9.24. The first-order valence-corrected chi connectivity index (χ1v) is 9.24. The summed E-state index contributed by atoms with van der Waals surface area (Å²) in [5.74, 6) is 0. The van der Waals surface area contributed by atoms with Crippen molar-refractivity contribution < 1.29 is 4.48 Å². The Balaban J connectivity index is 1.63. The zero-order valence-electron chi connectivity index (χ0n) is 14.1. The molecule has 1 spiro atoms. The lowest BCUT2D eigenvalue weighted by Crippen LogP contribution is -2.50. The van der Waals surface area contributed by atoms with Crippen LogP contribution in [0.15, 0.2) is 42.0 Å². The van der Waals surface area contributed by atoms with E-state index in [1.165, 1.54) is 72.7 Å². The molecule has 5 rings (SSSR count). The fourth-order valence-corrected chi connectivity index (χ4v) is 5.60. The van der Waals surface area contributed by atoms with Gasteiger partial charge in [-0.15, -0.1) is 0 Å². The van der Waals surface area contributed by atoms with Gasteiger partial charge >= 0.3 is 0 Å². The number of quaternary nitrogens is 1. The van der Waals surface area contributed by atoms with E-state index in [1.807, 2.05) is 0 Å². The molecule has 1 unspecified atom stereocenters. The minimum Gasteiger partial charge on any atom is -0.319 e. The van der Waals surface area contributed by atoms with Crippen LogP contribution >= 0.6 is 0 Å². The van der Waals surface area contributed by atoms with E-state index in [4.69, 9.17) is 0 Å². The van der Waals surface area contributed by atoms with E-state index in [1.54, 1.807) is 11.1 Å². The van der Waals surface area contributed by atoms with Crippen molar-refractivity contribution >= 4 is 16.8 Å². The molecule has 1 aliphatic carbocycles. The van der Waals surface area contributed by atoms with Crippen molar-refractivity contribution in [2.24, 2.45) is 5.41 Å². The van der Waals surface area contributed by atoms with Gasteiger partial charge in [0.15, 0.2) is 0 Å². The van der Waals surface area contributed by atoms with E-state index in [0.29, 0.717) is 5.41 Å². The van der Waals surface area contributed by atoms with Gasteiger partial charge in [0.2, 0.25) is 0 Å². The largest absolute Gasteiger partial charge is 0.319 e. The maximum atomic E-state index is 2.57. The summed E-state index contributed by atoms with van der Waals surface area (Å²) < 4.78 is 1.37. The molecule has 2 aromatic rings. The van der Waals surface area contributed by atoms with Crippen LogP contribution in [0.5, 0.6) is 0 Å². The van der Waals surface area contributed by atoms with Gasteiger partial charge < -0.3 is 4.48 Å². The maximum absolute atomic E-state index is 2.57. The van der Waals surface area contributed by atoms with Gasteiger partial charge in [-0.25, -0.2) is 0 Å². The second-order valence-corrected chi connectivity index (χ2v) is 8.43. The van der Waals surface area contributed by atoms with Gasteiger partial charge in [0, 0.05) is 5.41 Å². The minimum atomic E-state index is 0.396. The van der Waals surface area contributed by atoms with Gasteiger partial charge in [-0.3, -0.25) is 0 Å². The summed E-state index contributed by atoms with van der Waals surface area (Å²) in [6.07, 6.45) is 8.11. The highest BCUT2D eigenvalue weighted by atomic mass is 15.4. The van der Waals surface area contributed by atoms with Crippen LogP contribution in [-0.4, -0.2) is 30.7 Å². The molecule has 0 bridgehead atoms. The van der Waals surface area contributed by atoms with Crippen LogP contribution in [0.25, 0.3) is 16.8 Å². The SMILES string of the molecule is CC12Cc3ccc4ccccc4c3C=C1C[N+]1(CCCCC1)C2. The van der Waals surface area contributed by atoms with E-state index in [0.717, 1.165) is 0 Å². The standard InChI is InChI=1S/C22H26N/c1-22-14-18-10-9-17-7-3-4-8-20(17)21(18)13-19(22)15-23(16-22)11-5-2-6-12-23/h3-4,7-10,13H,2,5-6,11-12,14-16H2,1H3/q+1. The van der Waals surface area contributed by atoms with E-state index >= 15 is 0 Å². The summed E-state index contributed by atoms with van der Waals surface area (Å²) >= 11 is 0. The van der Waals surface area contributed by atoms with Crippen molar-refractivity contribution in [1.82, 2.24) is 0 Å². The minimum absolute atomic E-state index is 0.396. The molecule has 0 radical (unpaired) electrons. The summed E-state index contributed by atoms with van der Waals surface area (Å²) in [4.78, 5) is 0. The third kappa shape index (κ3) is 2.03. The predicted molar refractivity (Wildman–Crippen MR) is 97.3 cm³/mol. The second-order valence-electron chi connectivity index (χ2n) is 8.43. The van der Waals surface area contributed by atoms with E-state index < -0.39 is 0 Å². The number of piperidine rings is 1. The van der Waals surface area contributed by atoms with E-state index in [9.17, 15) is 0 Å². The third-order valence-corrected chi connectivity index (χ3v) is 6.69. The molecule has 1 atom stereocenters. The van der Waals surface area contributed by atoms with Gasteiger partial charge in [-0.1, -0.05) is 36.4 Å². The fourth-order valence-electron chi connectivity index (χ4n) is 5.60. The molecule has 0 saturated carbocycles. The Labute approximate surface area is 139 Å². The van der Waals surface area contributed by atoms with Gasteiger partial charge in [-0.05, 0) is 66.2 Å². The van der Waals surface area contributed by atoms with Crippen LogP contribution in [0.1, 0.15) is 37.3 Å². The molecule has 1 heteroatoms. The molecule has 23 heavy (non-hydrogen) atoms. The van der Waals surface area contributed by atoms with Crippen LogP contribution in [-0.2, 0) is 6.42 Å². The molecular weight excluding hydrogens is 278 g/mol. The first kappa shape index (κ1) is 13.8. The third-order valence-electron chi connectivity index (χ3n) is 6.69. The summed E-state index contributed by atoms with van der Waals surface area (Å²) in [5.41, 5.74) is 5.19. The Morgan fingerprint density at radius 3 is 2.65 bits per heavy atom. The number of hydrogen-bond donors (Lipinski definition) is 0. The first-order chi connectivity index (χ1) is 11.2. The van der Waals surface area contributed by atoms with Crippen molar-refractivity contribution in [2.75, 3.05) is 26.2 Å². The number of nitrogens with zero attached hydrogens (tertiary/aromatic N) is 1. The Kier molecular flexibility index (Phi) is 2.82. The highest BCUT2D eigenvalue weighted by Gasteiger charge is 2.50. The molecule has 3 aliphatic rings. The molecule has 2 fully saturated rings. The molecule has 2 aliphatic heterocycles. The Morgan fingerprint density at radius 1 is 0.957 bits per heavy atom. The smallest absolute Gasteiger partial charge is 0.101 e. The number of hydrogen-bond acceptors (Lipinski definition) is 0. The number of fused-ring (bicyclic) bond motifs is 4. The van der Waals surface area contributed by atoms with Crippen LogP contribution in [0.3, 0.4) is 0 Å². The van der Waals surface area contributed by atoms with Crippen molar-refractivity contribution in [3.05, 3.63) is 53.1 Å². The molecule has 0 N–H and O–H groups in total. The normalized spacial score (nSPS) is 28.5. The van der Waals surface area contributed by atoms with E-state index in [2.05, 4.69) is 49.4 Å². The highest BCUT2D eigenvalue weighted by Crippen LogP contribution is 2.48. The average Bonchev–Trinajstić information content (AvgIpc) is 2.83. The molecule has 2 aromatic carbocycles.